The molecule has 166 valence electrons. The summed E-state index contributed by atoms with van der Waals surface area (Å²) in [7, 11) is 0. The second-order valence-electron chi connectivity index (χ2n) is 7.40. The maximum Gasteiger partial charge on any atom is 0.335 e. The Morgan fingerprint density at radius 3 is 2.61 bits per heavy atom. The van der Waals surface area contributed by atoms with Gasteiger partial charge in [-0.1, -0.05) is 24.3 Å². The van der Waals surface area contributed by atoms with Crippen LogP contribution in [0.3, 0.4) is 0 Å². The number of aryl methyl sites for hydroxylation is 1. The molecular formula is C24H20N4O5. The number of hydrogen-bond donors (Lipinski definition) is 3. The number of carbonyl (C=O) groups excluding carboxylic acids is 3. The molecule has 4 rings (SSSR count). The van der Waals surface area contributed by atoms with E-state index < -0.39 is 30.4 Å². The molecule has 1 fully saturated rings. The Labute approximate surface area is 188 Å². The van der Waals surface area contributed by atoms with Gasteiger partial charge in [0.1, 0.15) is 12.2 Å². The maximum absolute atomic E-state index is 12.8. The molecule has 0 aliphatic carbocycles. The van der Waals surface area contributed by atoms with E-state index in [2.05, 4.69) is 10.6 Å². The topological polar surface area (TPSA) is 121 Å². The van der Waals surface area contributed by atoms with Crippen LogP contribution in [0.15, 0.2) is 72.6 Å². The minimum Gasteiger partial charge on any atom is -0.478 e. The minimum atomic E-state index is -1.05. The van der Waals surface area contributed by atoms with E-state index in [0.29, 0.717) is 17.1 Å². The summed E-state index contributed by atoms with van der Waals surface area (Å²) in [6.45, 7) is 1.41. The van der Waals surface area contributed by atoms with Crippen LogP contribution in [0.1, 0.15) is 21.6 Å². The van der Waals surface area contributed by atoms with Crippen molar-refractivity contribution in [3.8, 4) is 5.69 Å². The number of imide groups is 1. The van der Waals surface area contributed by atoms with Gasteiger partial charge >= 0.3 is 12.0 Å². The molecule has 2 heterocycles. The second-order valence-corrected chi connectivity index (χ2v) is 7.40. The molecular weight excluding hydrogens is 424 g/mol. The molecule has 0 saturated carbocycles. The van der Waals surface area contributed by atoms with Crippen molar-refractivity contribution in [1.82, 2.24) is 14.8 Å². The number of para-hydroxylation sites is 1. The highest BCUT2D eigenvalue weighted by Crippen LogP contribution is 2.20. The molecule has 0 unspecified atom stereocenters. The molecule has 33 heavy (non-hydrogen) atoms. The molecule has 1 aliphatic rings. The first kappa shape index (κ1) is 21.6. The quantitative estimate of drug-likeness (QED) is 0.399. The number of rotatable bonds is 6. The Kier molecular flexibility index (Phi) is 5.77. The summed E-state index contributed by atoms with van der Waals surface area (Å²) in [6.07, 6.45) is 3.19. The van der Waals surface area contributed by atoms with Crippen molar-refractivity contribution in [3.63, 3.8) is 0 Å². The van der Waals surface area contributed by atoms with Gasteiger partial charge < -0.3 is 20.3 Å². The van der Waals surface area contributed by atoms with Crippen molar-refractivity contribution >= 4 is 35.6 Å². The van der Waals surface area contributed by atoms with Crippen molar-refractivity contribution in [2.24, 2.45) is 0 Å². The number of nitrogens with one attached hydrogen (secondary N) is 2. The third kappa shape index (κ3) is 4.52. The van der Waals surface area contributed by atoms with Gasteiger partial charge in [0.2, 0.25) is 5.91 Å². The predicted molar refractivity (Wildman–Crippen MR) is 121 cm³/mol. The molecule has 9 heteroatoms. The number of carboxylic acid groups (broad SMARTS) is 1. The summed E-state index contributed by atoms with van der Waals surface area (Å²) >= 11 is 0. The number of aromatic nitrogens is 1. The SMILES string of the molecule is Cc1ccccc1NC(=O)CN1C(=O)NC(=Cc2cccn2-c2cccc(C(=O)O)c2)C1=O. The van der Waals surface area contributed by atoms with Crippen LogP contribution in [0.4, 0.5) is 10.5 Å². The number of benzene rings is 2. The molecule has 9 nitrogen and oxygen atoms in total. The molecule has 0 spiro atoms. The average Bonchev–Trinajstić information content (AvgIpc) is 3.35. The lowest BCUT2D eigenvalue weighted by Gasteiger charge is -2.13. The highest BCUT2D eigenvalue weighted by molar-refractivity contribution is 6.15. The molecule has 3 N–H and O–H groups in total. The predicted octanol–water partition coefficient (Wildman–Crippen LogP) is 3.02. The van der Waals surface area contributed by atoms with Crippen LogP contribution in [-0.4, -0.2) is 44.9 Å². The first-order valence-electron chi connectivity index (χ1n) is 10.0. The smallest absolute Gasteiger partial charge is 0.335 e. The molecule has 4 amide bonds. The molecule has 2 aromatic carbocycles. The van der Waals surface area contributed by atoms with E-state index in [9.17, 15) is 24.3 Å². The van der Waals surface area contributed by atoms with Crippen molar-refractivity contribution in [2.45, 2.75) is 6.92 Å². The number of anilines is 1. The number of nitrogens with zero attached hydrogens (tertiary/aromatic N) is 2. The Bertz CT molecular complexity index is 1310. The van der Waals surface area contributed by atoms with E-state index in [4.69, 9.17) is 0 Å². The zero-order valence-electron chi connectivity index (χ0n) is 17.6. The molecule has 1 saturated heterocycles. The highest BCUT2D eigenvalue weighted by Gasteiger charge is 2.35. The van der Waals surface area contributed by atoms with Gasteiger partial charge in [-0.05, 0) is 55.0 Å². The van der Waals surface area contributed by atoms with E-state index in [0.717, 1.165) is 10.5 Å². The van der Waals surface area contributed by atoms with Crippen LogP contribution in [0.5, 0.6) is 0 Å². The largest absolute Gasteiger partial charge is 0.478 e. The lowest BCUT2D eigenvalue weighted by atomic mass is 10.2. The fourth-order valence-electron chi connectivity index (χ4n) is 3.45. The standard InChI is InChI=1S/C24H20N4O5/c1-15-6-2-3-10-19(15)25-21(29)14-28-22(30)20(26-24(28)33)13-18-9-5-11-27(18)17-8-4-7-16(12-17)23(31)32/h2-13H,14H2,1H3,(H,25,29)(H,26,33)(H,31,32). The highest BCUT2D eigenvalue weighted by atomic mass is 16.4. The Balaban J connectivity index is 1.53. The Morgan fingerprint density at radius 2 is 1.85 bits per heavy atom. The van der Waals surface area contributed by atoms with Gasteiger partial charge in [-0.2, -0.15) is 0 Å². The van der Waals surface area contributed by atoms with Crippen molar-refractivity contribution in [3.05, 3.63) is 89.4 Å². The third-order valence-corrected chi connectivity index (χ3v) is 5.13. The van der Waals surface area contributed by atoms with Crippen LogP contribution in [-0.2, 0) is 9.59 Å². The van der Waals surface area contributed by atoms with Crippen LogP contribution < -0.4 is 10.6 Å². The Hall–Kier alpha value is -4.66. The summed E-state index contributed by atoms with van der Waals surface area (Å²) in [6, 6.07) is 16.3. The zero-order chi connectivity index (χ0) is 23.5. The lowest BCUT2D eigenvalue weighted by molar-refractivity contribution is -0.127. The van der Waals surface area contributed by atoms with Crippen molar-refractivity contribution < 1.29 is 24.3 Å². The molecule has 0 bridgehead atoms. The summed E-state index contributed by atoms with van der Waals surface area (Å²) in [5, 5.41) is 14.4. The van der Waals surface area contributed by atoms with E-state index in [1.54, 1.807) is 47.2 Å². The molecule has 1 aliphatic heterocycles. The van der Waals surface area contributed by atoms with Crippen LogP contribution in [0, 0.1) is 6.92 Å². The Morgan fingerprint density at radius 1 is 1.06 bits per heavy atom. The number of amides is 4. The van der Waals surface area contributed by atoms with E-state index >= 15 is 0 Å². The van der Waals surface area contributed by atoms with Crippen LogP contribution in [0.25, 0.3) is 11.8 Å². The van der Waals surface area contributed by atoms with Gasteiger partial charge in [0, 0.05) is 23.3 Å². The maximum atomic E-state index is 12.8. The number of hydrogen-bond acceptors (Lipinski definition) is 4. The van der Waals surface area contributed by atoms with Crippen LogP contribution >= 0.6 is 0 Å². The monoisotopic (exact) mass is 444 g/mol. The molecule has 3 aromatic rings. The number of carbonyl (C=O) groups is 4. The number of aromatic carboxylic acids is 1. The van der Waals surface area contributed by atoms with Gasteiger partial charge in [-0.25, -0.2) is 14.5 Å². The zero-order valence-corrected chi connectivity index (χ0v) is 17.6. The molecule has 0 atom stereocenters. The number of carboxylic acids is 1. The normalized spacial score (nSPS) is 14.5. The fourth-order valence-corrected chi connectivity index (χ4v) is 3.45. The van der Waals surface area contributed by atoms with Gasteiger partial charge in [-0.3, -0.25) is 9.59 Å². The fraction of sp³-hybridized carbons (Fsp3) is 0.0833. The first-order valence-corrected chi connectivity index (χ1v) is 10.0. The summed E-state index contributed by atoms with van der Waals surface area (Å²) in [4.78, 5) is 49.7. The van der Waals surface area contributed by atoms with Gasteiger partial charge in [0.15, 0.2) is 0 Å². The van der Waals surface area contributed by atoms with E-state index in [1.165, 1.54) is 18.2 Å². The van der Waals surface area contributed by atoms with Gasteiger partial charge in [0.25, 0.3) is 5.91 Å². The van der Waals surface area contributed by atoms with E-state index in [-0.39, 0.29) is 11.3 Å². The average molecular weight is 444 g/mol. The molecule has 0 radical (unpaired) electrons. The minimum absolute atomic E-state index is 0.0121. The second kappa shape index (κ2) is 8.83. The summed E-state index contributed by atoms with van der Waals surface area (Å²) in [5.74, 6) is -2.18. The van der Waals surface area contributed by atoms with Crippen molar-refractivity contribution in [2.75, 3.05) is 11.9 Å². The molecule has 1 aromatic heterocycles. The number of urea groups is 1. The summed E-state index contributed by atoms with van der Waals surface area (Å²) in [5.41, 5.74) is 2.72. The van der Waals surface area contributed by atoms with Gasteiger partial charge in [0.05, 0.1) is 5.56 Å². The van der Waals surface area contributed by atoms with Gasteiger partial charge in [-0.15, -0.1) is 0 Å². The van der Waals surface area contributed by atoms with Crippen LogP contribution in [0.2, 0.25) is 0 Å². The third-order valence-electron chi connectivity index (χ3n) is 5.13. The van der Waals surface area contributed by atoms with Crippen molar-refractivity contribution in [1.29, 1.82) is 0 Å². The first-order chi connectivity index (χ1) is 15.8. The van der Waals surface area contributed by atoms with E-state index in [1.807, 2.05) is 19.1 Å². The summed E-state index contributed by atoms with van der Waals surface area (Å²) < 4.78 is 1.69. The lowest BCUT2D eigenvalue weighted by Crippen LogP contribution is -2.38.